The largest absolute Gasteiger partial charge is 0.460 e. The summed E-state index contributed by atoms with van der Waals surface area (Å²) in [5.41, 5.74) is 2.43. The molecule has 4 nitrogen and oxygen atoms in total. The van der Waals surface area contributed by atoms with Crippen LogP contribution in [-0.2, 0) is 17.6 Å². The van der Waals surface area contributed by atoms with Gasteiger partial charge in [-0.3, -0.25) is 4.79 Å². The third kappa shape index (κ3) is 3.36. The van der Waals surface area contributed by atoms with Crippen LogP contribution in [0, 0.1) is 6.92 Å². The molecule has 1 aromatic heterocycles. The van der Waals surface area contributed by atoms with Gasteiger partial charge in [0.25, 0.3) is 0 Å². The zero-order valence-corrected chi connectivity index (χ0v) is 13.3. The number of hydrogen-bond donors (Lipinski definition) is 0. The first-order valence-corrected chi connectivity index (χ1v) is 8.03. The first-order valence-electron chi connectivity index (χ1n) is 8.03. The van der Waals surface area contributed by atoms with Crippen molar-refractivity contribution in [2.45, 2.75) is 39.0 Å². The minimum atomic E-state index is -0.474. The van der Waals surface area contributed by atoms with Gasteiger partial charge in [-0.05, 0) is 31.7 Å². The van der Waals surface area contributed by atoms with E-state index in [0.29, 0.717) is 36.3 Å². The number of aryl methyl sites for hydroxylation is 2. The van der Waals surface area contributed by atoms with Crippen LogP contribution in [0.5, 0.6) is 0 Å². The van der Waals surface area contributed by atoms with Crippen LogP contribution >= 0.6 is 0 Å². The number of rotatable bonds is 5. The lowest BCUT2D eigenvalue weighted by Gasteiger charge is -2.07. The lowest BCUT2D eigenvalue weighted by atomic mass is 9.94. The molecule has 0 saturated carbocycles. The van der Waals surface area contributed by atoms with E-state index < -0.39 is 5.97 Å². The molecule has 0 atom stereocenters. The molecular formula is C19H20O4. The Morgan fingerprint density at radius 2 is 2.00 bits per heavy atom. The maximum absolute atomic E-state index is 12.2. The molecule has 3 rings (SSSR count). The summed E-state index contributed by atoms with van der Waals surface area (Å²) in [6.07, 6.45) is 3.64. The lowest BCUT2D eigenvalue weighted by molar-refractivity contribution is 0.0461. The van der Waals surface area contributed by atoms with Crippen LogP contribution in [0.25, 0.3) is 0 Å². The molecule has 1 aromatic carbocycles. The van der Waals surface area contributed by atoms with Gasteiger partial charge in [-0.25, -0.2) is 4.79 Å². The Balaban J connectivity index is 1.58. The third-order valence-corrected chi connectivity index (χ3v) is 4.18. The van der Waals surface area contributed by atoms with E-state index >= 15 is 0 Å². The van der Waals surface area contributed by atoms with Gasteiger partial charge in [0.05, 0.1) is 12.2 Å². The fourth-order valence-electron chi connectivity index (χ4n) is 2.99. The molecule has 0 unspecified atom stereocenters. The van der Waals surface area contributed by atoms with Gasteiger partial charge in [-0.2, -0.15) is 0 Å². The topological polar surface area (TPSA) is 56.5 Å². The summed E-state index contributed by atoms with van der Waals surface area (Å²) >= 11 is 0. The van der Waals surface area contributed by atoms with Crippen molar-refractivity contribution < 1.29 is 18.7 Å². The third-order valence-electron chi connectivity index (χ3n) is 4.18. The summed E-state index contributed by atoms with van der Waals surface area (Å²) in [6.45, 7) is 2.10. The van der Waals surface area contributed by atoms with Crippen LogP contribution in [0.15, 0.2) is 34.7 Å². The first kappa shape index (κ1) is 15.5. The molecule has 1 heterocycles. The van der Waals surface area contributed by atoms with E-state index in [2.05, 4.69) is 12.1 Å². The second-order valence-electron chi connectivity index (χ2n) is 5.86. The van der Waals surface area contributed by atoms with Crippen molar-refractivity contribution in [2.24, 2.45) is 0 Å². The minimum Gasteiger partial charge on any atom is -0.460 e. The number of furan rings is 1. The summed E-state index contributed by atoms with van der Waals surface area (Å²) in [4.78, 5) is 24.1. The standard InChI is InChI=1S/C19H20O4/c1-13-17-15(20)10-5-11-16(17)23-18(13)19(21)22-12-6-9-14-7-3-2-4-8-14/h2-4,7-8H,5-6,9-12H2,1H3. The molecule has 0 aliphatic heterocycles. The van der Waals surface area contributed by atoms with Crippen LogP contribution in [0.1, 0.15) is 57.1 Å². The van der Waals surface area contributed by atoms with Gasteiger partial charge >= 0.3 is 5.97 Å². The first-order chi connectivity index (χ1) is 11.2. The van der Waals surface area contributed by atoms with E-state index in [1.165, 1.54) is 5.56 Å². The number of hydrogen-bond acceptors (Lipinski definition) is 4. The summed E-state index contributed by atoms with van der Waals surface area (Å²) in [5, 5.41) is 0. The fraction of sp³-hybridized carbons (Fsp3) is 0.368. The number of ether oxygens (including phenoxy) is 1. The van der Waals surface area contributed by atoms with Crippen molar-refractivity contribution in [1.82, 2.24) is 0 Å². The molecule has 0 amide bonds. The zero-order chi connectivity index (χ0) is 16.2. The second-order valence-corrected chi connectivity index (χ2v) is 5.86. The Morgan fingerprint density at radius 3 is 2.74 bits per heavy atom. The maximum Gasteiger partial charge on any atom is 0.374 e. The molecule has 23 heavy (non-hydrogen) atoms. The van der Waals surface area contributed by atoms with Crippen molar-refractivity contribution in [3.63, 3.8) is 0 Å². The van der Waals surface area contributed by atoms with Crippen LogP contribution in [0.4, 0.5) is 0 Å². The predicted octanol–water partition coefficient (Wildman–Crippen LogP) is 3.90. The van der Waals surface area contributed by atoms with Crippen LogP contribution in [-0.4, -0.2) is 18.4 Å². The molecule has 0 fully saturated rings. The highest BCUT2D eigenvalue weighted by atomic mass is 16.5. The SMILES string of the molecule is Cc1c(C(=O)OCCCc2ccccc2)oc2c1C(=O)CCC2. The van der Waals surface area contributed by atoms with E-state index in [1.54, 1.807) is 6.92 Å². The lowest BCUT2D eigenvalue weighted by Crippen LogP contribution is -2.10. The van der Waals surface area contributed by atoms with E-state index in [4.69, 9.17) is 9.15 Å². The maximum atomic E-state index is 12.2. The van der Waals surface area contributed by atoms with Gasteiger partial charge in [-0.15, -0.1) is 0 Å². The number of fused-ring (bicyclic) bond motifs is 1. The molecule has 120 valence electrons. The monoisotopic (exact) mass is 312 g/mol. The smallest absolute Gasteiger partial charge is 0.374 e. The zero-order valence-electron chi connectivity index (χ0n) is 13.3. The van der Waals surface area contributed by atoms with Gasteiger partial charge in [0.2, 0.25) is 5.76 Å². The second kappa shape index (κ2) is 6.82. The van der Waals surface area contributed by atoms with Crippen molar-refractivity contribution >= 4 is 11.8 Å². The average Bonchev–Trinajstić information content (AvgIpc) is 2.91. The van der Waals surface area contributed by atoms with Gasteiger partial charge in [0.15, 0.2) is 5.78 Å². The number of carbonyl (C=O) groups is 2. The van der Waals surface area contributed by atoms with E-state index in [0.717, 1.165) is 19.3 Å². The normalized spacial score (nSPS) is 13.7. The Kier molecular flexibility index (Phi) is 4.60. The summed E-state index contributed by atoms with van der Waals surface area (Å²) < 4.78 is 10.9. The molecule has 0 N–H and O–H groups in total. The quantitative estimate of drug-likeness (QED) is 0.620. The number of ketones is 1. The van der Waals surface area contributed by atoms with Crippen molar-refractivity contribution in [3.05, 3.63) is 58.5 Å². The molecule has 4 heteroatoms. The van der Waals surface area contributed by atoms with Crippen LogP contribution < -0.4 is 0 Å². The highest BCUT2D eigenvalue weighted by Gasteiger charge is 2.29. The number of carbonyl (C=O) groups excluding carboxylic acids is 2. The van der Waals surface area contributed by atoms with E-state index in [9.17, 15) is 9.59 Å². The summed E-state index contributed by atoms with van der Waals surface area (Å²) in [5.74, 6) is 0.410. The number of benzene rings is 1. The molecule has 0 radical (unpaired) electrons. The van der Waals surface area contributed by atoms with Gasteiger partial charge in [0.1, 0.15) is 5.76 Å². The van der Waals surface area contributed by atoms with Crippen molar-refractivity contribution in [1.29, 1.82) is 0 Å². The minimum absolute atomic E-state index is 0.0654. The highest BCUT2D eigenvalue weighted by molar-refractivity contribution is 6.02. The fourth-order valence-corrected chi connectivity index (χ4v) is 2.99. The van der Waals surface area contributed by atoms with Crippen molar-refractivity contribution in [2.75, 3.05) is 6.61 Å². The average molecular weight is 312 g/mol. The van der Waals surface area contributed by atoms with Gasteiger partial charge < -0.3 is 9.15 Å². The van der Waals surface area contributed by atoms with Crippen molar-refractivity contribution in [3.8, 4) is 0 Å². The Labute approximate surface area is 135 Å². The molecular weight excluding hydrogens is 292 g/mol. The highest BCUT2D eigenvalue weighted by Crippen LogP contribution is 2.29. The molecule has 0 bridgehead atoms. The summed E-state index contributed by atoms with van der Waals surface area (Å²) in [7, 11) is 0. The number of esters is 1. The van der Waals surface area contributed by atoms with E-state index in [-0.39, 0.29) is 11.5 Å². The molecule has 1 aliphatic carbocycles. The van der Waals surface area contributed by atoms with E-state index in [1.807, 2.05) is 18.2 Å². The Morgan fingerprint density at radius 1 is 1.22 bits per heavy atom. The van der Waals surface area contributed by atoms with Gasteiger partial charge in [0, 0.05) is 18.4 Å². The molecule has 1 aliphatic rings. The van der Waals surface area contributed by atoms with Gasteiger partial charge in [-0.1, -0.05) is 30.3 Å². The number of Topliss-reactive ketones (excluding diaryl/α,β-unsaturated/α-hetero) is 1. The molecule has 0 saturated heterocycles. The Bertz CT molecular complexity index is 712. The summed E-state index contributed by atoms with van der Waals surface area (Å²) in [6, 6.07) is 10.1. The predicted molar refractivity (Wildman–Crippen MR) is 85.8 cm³/mol. The Hall–Kier alpha value is -2.36. The van der Waals surface area contributed by atoms with Crippen LogP contribution in [0.2, 0.25) is 0 Å². The van der Waals surface area contributed by atoms with Crippen LogP contribution in [0.3, 0.4) is 0 Å². The molecule has 2 aromatic rings. The molecule has 0 spiro atoms.